The number of thiophene rings is 1. The Bertz CT molecular complexity index is 2140. The number of benzene rings is 5. The van der Waals surface area contributed by atoms with Crippen LogP contribution in [0.15, 0.2) is 145 Å². The van der Waals surface area contributed by atoms with Crippen molar-refractivity contribution in [2.24, 2.45) is 0 Å². The van der Waals surface area contributed by atoms with Crippen LogP contribution in [0.4, 0.5) is 17.1 Å². The van der Waals surface area contributed by atoms with Gasteiger partial charge < -0.3 is 4.90 Å². The van der Waals surface area contributed by atoms with Crippen molar-refractivity contribution in [2.45, 2.75) is 0 Å². The lowest BCUT2D eigenvalue weighted by Gasteiger charge is -2.25. The van der Waals surface area contributed by atoms with E-state index in [9.17, 15) is 10.1 Å². The van der Waals surface area contributed by atoms with Gasteiger partial charge in [-0.25, -0.2) is 10.1 Å². The molecule has 0 radical (unpaired) electrons. The summed E-state index contributed by atoms with van der Waals surface area (Å²) in [6.07, 6.45) is 1.82. The number of para-hydroxylation sites is 2. The van der Waals surface area contributed by atoms with E-state index in [4.69, 9.17) is 6.57 Å². The van der Waals surface area contributed by atoms with E-state index >= 15 is 0 Å². The number of carbonyl (C=O) groups excluding carboxylic acids is 1. The van der Waals surface area contributed by atoms with Gasteiger partial charge in [0.25, 0.3) is 5.70 Å². The monoisotopic (exact) mass is 581 g/mol. The summed E-state index contributed by atoms with van der Waals surface area (Å²) in [7, 11) is 0. The summed E-state index contributed by atoms with van der Waals surface area (Å²) in [6.45, 7) is 7.64. The number of allylic oxidation sites excluding steroid dienone is 3. The van der Waals surface area contributed by atoms with Crippen LogP contribution in [-0.4, -0.2) is 5.78 Å². The Morgan fingerprint density at radius 3 is 1.89 bits per heavy atom. The van der Waals surface area contributed by atoms with Gasteiger partial charge in [0.15, 0.2) is 5.78 Å². The lowest BCUT2D eigenvalue weighted by molar-refractivity contribution is 0.104. The molecular weight excluding hydrogens is 559 g/mol. The molecule has 0 fully saturated rings. The first-order chi connectivity index (χ1) is 21.6. The van der Waals surface area contributed by atoms with Gasteiger partial charge in [-0.05, 0) is 88.6 Å². The molecule has 0 atom stereocenters. The van der Waals surface area contributed by atoms with Crippen LogP contribution in [0, 0.1) is 17.9 Å². The van der Waals surface area contributed by atoms with Gasteiger partial charge in [0.1, 0.15) is 0 Å². The van der Waals surface area contributed by atoms with Crippen LogP contribution in [-0.2, 0) is 0 Å². The average Bonchev–Trinajstić information content (AvgIpc) is 3.65. The van der Waals surface area contributed by atoms with E-state index in [1.54, 1.807) is 11.3 Å². The molecule has 1 aliphatic carbocycles. The number of ketones is 1. The maximum atomic E-state index is 13.7. The van der Waals surface area contributed by atoms with Crippen LogP contribution in [0.1, 0.15) is 20.8 Å². The molecule has 5 aromatic carbocycles. The van der Waals surface area contributed by atoms with E-state index < -0.39 is 0 Å². The smallest absolute Gasteiger partial charge is 0.270 e. The van der Waals surface area contributed by atoms with E-state index in [0.717, 1.165) is 43.2 Å². The summed E-state index contributed by atoms with van der Waals surface area (Å²) >= 11 is 1.57. The predicted octanol–water partition coefficient (Wildman–Crippen LogP) is 10.5. The van der Waals surface area contributed by atoms with Crippen molar-refractivity contribution in [3.8, 4) is 16.5 Å². The lowest BCUT2D eigenvalue weighted by Crippen LogP contribution is -2.09. The fourth-order valence-electron chi connectivity index (χ4n) is 5.67. The molecule has 1 aromatic heterocycles. The number of fused-ring (bicyclic) bond motifs is 2. The van der Waals surface area contributed by atoms with Crippen LogP contribution in [0.25, 0.3) is 37.7 Å². The van der Waals surface area contributed by atoms with Gasteiger partial charge in [-0.1, -0.05) is 72.8 Å². The van der Waals surface area contributed by atoms with Gasteiger partial charge in [-0.2, -0.15) is 0 Å². The molecule has 1 aliphatic rings. The molecule has 6 aromatic rings. The zero-order chi connectivity index (χ0) is 30.0. The molecule has 0 saturated carbocycles. The molecule has 0 bridgehead atoms. The van der Waals surface area contributed by atoms with Gasteiger partial charge in [0, 0.05) is 43.5 Å². The summed E-state index contributed by atoms with van der Waals surface area (Å²) in [6, 6.07) is 46.6. The summed E-state index contributed by atoms with van der Waals surface area (Å²) in [5.74, 6) is -0.168. The highest BCUT2D eigenvalue weighted by atomic mass is 32.1. The van der Waals surface area contributed by atoms with Gasteiger partial charge >= 0.3 is 0 Å². The van der Waals surface area contributed by atoms with Crippen molar-refractivity contribution in [3.05, 3.63) is 172 Å². The van der Waals surface area contributed by atoms with Crippen molar-refractivity contribution < 1.29 is 4.79 Å². The number of hydrogen-bond donors (Lipinski definition) is 0. The first kappa shape index (κ1) is 26.9. The molecule has 7 rings (SSSR count). The average molecular weight is 582 g/mol. The first-order valence-electron chi connectivity index (χ1n) is 14.1. The highest BCUT2D eigenvalue weighted by Gasteiger charge is 2.33. The number of rotatable bonds is 5. The minimum absolute atomic E-state index is 0.0765. The summed E-state index contributed by atoms with van der Waals surface area (Å²) in [4.78, 5) is 21.3. The van der Waals surface area contributed by atoms with Crippen molar-refractivity contribution >= 4 is 56.6 Å². The number of Topliss-reactive ketones (excluding diaryl/α,β-unsaturated/α-hetero) is 1. The normalized spacial score (nSPS) is 14.2. The Morgan fingerprint density at radius 1 is 0.727 bits per heavy atom. The molecule has 0 N–H and O–H groups in total. The third kappa shape index (κ3) is 4.78. The fraction of sp³-hybridized carbons (Fsp3) is 0. The third-order valence-electron chi connectivity index (χ3n) is 7.72. The second-order valence-corrected chi connectivity index (χ2v) is 11.5. The Labute approximate surface area is 259 Å². The van der Waals surface area contributed by atoms with Crippen LogP contribution < -0.4 is 4.90 Å². The third-order valence-corrected chi connectivity index (χ3v) is 8.80. The van der Waals surface area contributed by atoms with Crippen molar-refractivity contribution in [2.75, 3.05) is 4.90 Å². The van der Waals surface area contributed by atoms with E-state index in [2.05, 4.69) is 58.3 Å². The van der Waals surface area contributed by atoms with E-state index in [0.29, 0.717) is 22.3 Å². The topological polar surface area (TPSA) is 48.5 Å². The van der Waals surface area contributed by atoms with Crippen LogP contribution in [0.5, 0.6) is 0 Å². The number of anilines is 3. The lowest BCUT2D eigenvalue weighted by atomic mass is 9.99. The molecule has 206 valence electrons. The summed E-state index contributed by atoms with van der Waals surface area (Å²) < 4.78 is 0. The highest BCUT2D eigenvalue weighted by molar-refractivity contribution is 7.16. The quantitative estimate of drug-likeness (QED) is 0.116. The van der Waals surface area contributed by atoms with Gasteiger partial charge in [-0.15, -0.1) is 11.3 Å². The molecule has 0 aliphatic heterocycles. The zero-order valence-electron chi connectivity index (χ0n) is 23.4. The Kier molecular flexibility index (Phi) is 6.93. The molecule has 0 amide bonds. The minimum Gasteiger partial charge on any atom is -0.311 e. The van der Waals surface area contributed by atoms with Crippen molar-refractivity contribution in [1.29, 1.82) is 5.26 Å². The first-order valence-corrected chi connectivity index (χ1v) is 14.9. The van der Waals surface area contributed by atoms with Gasteiger partial charge in [0.05, 0.1) is 12.6 Å². The van der Waals surface area contributed by atoms with Crippen molar-refractivity contribution in [1.82, 2.24) is 0 Å². The molecule has 0 spiro atoms. The van der Waals surface area contributed by atoms with Gasteiger partial charge in [0.2, 0.25) is 0 Å². The largest absolute Gasteiger partial charge is 0.311 e. The van der Waals surface area contributed by atoms with E-state index in [1.165, 1.54) is 0 Å². The standard InChI is InChI=1S/C39H23N3OS/c1-41-36(25-40)38-33-22-27-10-8-9-11-28(27)23-34(33)39(43)35(38)24-32-20-21-37(44-32)26-16-18-31(19-17-26)42(29-12-4-2-5-13-29)30-14-6-3-7-15-30/h2-24H/b35-24+,38-36-. The van der Waals surface area contributed by atoms with E-state index in [1.807, 2.05) is 97.1 Å². The Hall–Kier alpha value is -6.01. The summed E-state index contributed by atoms with van der Waals surface area (Å²) in [5.41, 5.74) is 6.14. The number of nitrogens with zero attached hydrogens (tertiary/aromatic N) is 3. The molecule has 0 saturated heterocycles. The van der Waals surface area contributed by atoms with E-state index in [-0.39, 0.29) is 11.5 Å². The second-order valence-electron chi connectivity index (χ2n) is 10.3. The second kappa shape index (κ2) is 11.3. The maximum Gasteiger partial charge on any atom is 0.270 e. The Morgan fingerprint density at radius 2 is 1.30 bits per heavy atom. The molecule has 5 heteroatoms. The maximum absolute atomic E-state index is 13.7. The molecule has 1 heterocycles. The molecular formula is C39H23N3OS. The number of hydrogen-bond acceptors (Lipinski definition) is 4. The van der Waals surface area contributed by atoms with Gasteiger partial charge in [-0.3, -0.25) is 4.79 Å². The van der Waals surface area contributed by atoms with Crippen LogP contribution in [0.3, 0.4) is 0 Å². The zero-order valence-corrected chi connectivity index (χ0v) is 24.3. The number of carbonyl (C=O) groups is 1. The molecule has 4 nitrogen and oxygen atoms in total. The highest BCUT2D eigenvalue weighted by Crippen LogP contribution is 2.43. The fourth-order valence-corrected chi connectivity index (χ4v) is 6.63. The molecule has 44 heavy (non-hydrogen) atoms. The summed E-state index contributed by atoms with van der Waals surface area (Å²) in [5, 5.41) is 11.7. The van der Waals surface area contributed by atoms with Crippen molar-refractivity contribution in [3.63, 3.8) is 0 Å². The van der Waals surface area contributed by atoms with Crippen LogP contribution >= 0.6 is 11.3 Å². The predicted molar refractivity (Wildman–Crippen MR) is 180 cm³/mol. The Balaban J connectivity index is 1.24. The minimum atomic E-state index is -0.168. The SMILES string of the molecule is [C-]#[N+]/C(C#N)=C1\C(=C/c2ccc(-c3ccc(N(c4ccccc4)c4ccccc4)cc3)s2)C(=O)c2cc3ccccc3cc21. The molecule has 0 unspecified atom stereocenters. The number of nitriles is 1. The van der Waals surface area contributed by atoms with Crippen LogP contribution in [0.2, 0.25) is 0 Å².